The predicted octanol–water partition coefficient (Wildman–Crippen LogP) is 2.87. The first-order chi connectivity index (χ1) is 13.1. The molecule has 1 aliphatic rings. The number of likely N-dealkylation sites (tertiary alicyclic amines) is 1. The quantitative estimate of drug-likeness (QED) is 0.687. The van der Waals surface area contributed by atoms with Gasteiger partial charge in [-0.2, -0.15) is 0 Å². The highest BCUT2D eigenvalue weighted by molar-refractivity contribution is 7.98. The maximum atomic E-state index is 12.8. The molecule has 0 spiro atoms. The first kappa shape index (κ1) is 17.9. The summed E-state index contributed by atoms with van der Waals surface area (Å²) < 4.78 is 7.74. The largest absolute Gasteiger partial charge is 0.455 e. The molecular formula is C20H22N4O2S. The van der Waals surface area contributed by atoms with E-state index in [1.54, 1.807) is 28.9 Å². The van der Waals surface area contributed by atoms with Crippen LogP contribution in [-0.4, -0.2) is 39.5 Å². The van der Waals surface area contributed by atoms with Gasteiger partial charge in [0.15, 0.2) is 10.9 Å². The molecule has 3 heterocycles. The van der Waals surface area contributed by atoms with Crippen molar-refractivity contribution in [3.05, 3.63) is 71.9 Å². The summed E-state index contributed by atoms with van der Waals surface area (Å²) in [6, 6.07) is 13.7. The lowest BCUT2D eigenvalue weighted by molar-refractivity contribution is 0.0756. The van der Waals surface area contributed by atoms with Gasteiger partial charge in [-0.05, 0) is 17.7 Å². The van der Waals surface area contributed by atoms with Gasteiger partial charge in [-0.3, -0.25) is 4.79 Å². The van der Waals surface area contributed by atoms with Crippen molar-refractivity contribution in [3.63, 3.8) is 0 Å². The molecule has 6 nitrogen and oxygen atoms in total. The number of nitrogens with zero attached hydrogens (tertiary/aromatic N) is 3. The molecule has 1 amide bonds. The van der Waals surface area contributed by atoms with Crippen LogP contribution in [0.5, 0.6) is 0 Å². The lowest BCUT2D eigenvalue weighted by Crippen LogP contribution is -2.32. The minimum Gasteiger partial charge on any atom is -0.455 e. The number of imidazole rings is 1. The fourth-order valence-corrected chi connectivity index (χ4v) is 4.23. The lowest BCUT2D eigenvalue weighted by atomic mass is 9.95. The van der Waals surface area contributed by atoms with E-state index in [9.17, 15) is 4.79 Å². The van der Waals surface area contributed by atoms with Crippen LogP contribution in [-0.2, 0) is 12.8 Å². The number of benzene rings is 1. The number of rotatable bonds is 5. The Morgan fingerprint density at radius 1 is 1.26 bits per heavy atom. The van der Waals surface area contributed by atoms with E-state index in [0.717, 1.165) is 10.9 Å². The first-order valence-corrected chi connectivity index (χ1v) is 9.89. The van der Waals surface area contributed by atoms with Crippen LogP contribution in [0.25, 0.3) is 0 Å². The van der Waals surface area contributed by atoms with Gasteiger partial charge in [0.05, 0.1) is 5.75 Å². The zero-order valence-electron chi connectivity index (χ0n) is 15.1. The van der Waals surface area contributed by atoms with Gasteiger partial charge < -0.3 is 19.6 Å². The SMILES string of the molecule is Cn1ccnc1SCc1ccc(C(=O)N2C[C@@H](N)[C@H](c3ccccc3)C2)o1. The summed E-state index contributed by atoms with van der Waals surface area (Å²) >= 11 is 1.58. The summed E-state index contributed by atoms with van der Waals surface area (Å²) in [6.07, 6.45) is 3.67. The van der Waals surface area contributed by atoms with Gasteiger partial charge in [-0.15, -0.1) is 0 Å². The van der Waals surface area contributed by atoms with Crippen molar-refractivity contribution in [1.82, 2.24) is 14.5 Å². The van der Waals surface area contributed by atoms with Gasteiger partial charge >= 0.3 is 0 Å². The van der Waals surface area contributed by atoms with E-state index in [2.05, 4.69) is 17.1 Å². The number of carbonyl (C=O) groups is 1. The maximum absolute atomic E-state index is 12.8. The van der Waals surface area contributed by atoms with Gasteiger partial charge in [0.25, 0.3) is 5.91 Å². The number of aromatic nitrogens is 2. The Morgan fingerprint density at radius 2 is 2.07 bits per heavy atom. The van der Waals surface area contributed by atoms with Crippen LogP contribution in [0, 0.1) is 0 Å². The first-order valence-electron chi connectivity index (χ1n) is 8.90. The second-order valence-electron chi connectivity index (χ2n) is 6.77. The molecule has 140 valence electrons. The molecular weight excluding hydrogens is 360 g/mol. The van der Waals surface area contributed by atoms with Crippen molar-refractivity contribution in [2.24, 2.45) is 12.8 Å². The van der Waals surface area contributed by atoms with Gasteiger partial charge in [-0.1, -0.05) is 42.1 Å². The van der Waals surface area contributed by atoms with Crippen LogP contribution >= 0.6 is 11.8 Å². The molecule has 27 heavy (non-hydrogen) atoms. The standard InChI is InChI=1S/C20H22N4O2S/c1-23-10-9-22-20(23)27-13-15-7-8-18(26-15)19(25)24-11-16(17(21)12-24)14-5-3-2-4-6-14/h2-10,16-17H,11-13,21H2,1H3/t16-,17+/m0/s1. The number of nitrogens with two attached hydrogens (primary N) is 1. The molecule has 1 aliphatic heterocycles. The fraction of sp³-hybridized carbons (Fsp3) is 0.300. The Kier molecular flexibility index (Phi) is 5.05. The summed E-state index contributed by atoms with van der Waals surface area (Å²) in [7, 11) is 1.95. The molecule has 7 heteroatoms. The van der Waals surface area contributed by atoms with Crippen LogP contribution in [0.4, 0.5) is 0 Å². The normalized spacial score (nSPS) is 19.6. The molecule has 1 fully saturated rings. The molecule has 0 bridgehead atoms. The molecule has 3 aromatic rings. The second-order valence-corrected chi connectivity index (χ2v) is 7.71. The van der Waals surface area contributed by atoms with E-state index >= 15 is 0 Å². The Labute approximate surface area is 162 Å². The minimum absolute atomic E-state index is 0.0650. The van der Waals surface area contributed by atoms with Crippen molar-refractivity contribution in [1.29, 1.82) is 0 Å². The zero-order chi connectivity index (χ0) is 18.8. The molecule has 2 N–H and O–H groups in total. The summed E-state index contributed by atoms with van der Waals surface area (Å²) in [4.78, 5) is 18.9. The van der Waals surface area contributed by atoms with E-state index in [4.69, 9.17) is 10.2 Å². The Bertz CT molecular complexity index is 921. The number of amides is 1. The number of hydrogen-bond donors (Lipinski definition) is 1. The molecule has 2 aromatic heterocycles. The Morgan fingerprint density at radius 3 is 2.81 bits per heavy atom. The Balaban J connectivity index is 1.40. The van der Waals surface area contributed by atoms with Crippen molar-refractivity contribution in [3.8, 4) is 0 Å². The highest BCUT2D eigenvalue weighted by atomic mass is 32.2. The third kappa shape index (κ3) is 3.79. The maximum Gasteiger partial charge on any atom is 0.289 e. The monoisotopic (exact) mass is 382 g/mol. The molecule has 0 aliphatic carbocycles. The van der Waals surface area contributed by atoms with E-state index in [1.807, 2.05) is 42.1 Å². The van der Waals surface area contributed by atoms with Crippen molar-refractivity contribution >= 4 is 17.7 Å². The van der Waals surface area contributed by atoms with Crippen molar-refractivity contribution in [2.45, 2.75) is 22.9 Å². The average Bonchev–Trinajstić information content (AvgIpc) is 3.40. The predicted molar refractivity (Wildman–Crippen MR) is 105 cm³/mol. The van der Waals surface area contributed by atoms with Crippen LogP contribution in [0.15, 0.2) is 64.4 Å². The van der Waals surface area contributed by atoms with Crippen LogP contribution < -0.4 is 5.73 Å². The number of thioether (sulfide) groups is 1. The summed E-state index contributed by atoms with van der Waals surface area (Å²) in [5, 5.41) is 0.912. The smallest absolute Gasteiger partial charge is 0.289 e. The van der Waals surface area contributed by atoms with Crippen LogP contribution in [0.1, 0.15) is 27.8 Å². The van der Waals surface area contributed by atoms with Gasteiger partial charge in [-0.25, -0.2) is 4.98 Å². The van der Waals surface area contributed by atoms with E-state index in [-0.39, 0.29) is 17.9 Å². The summed E-state index contributed by atoms with van der Waals surface area (Å²) in [5.74, 6) is 1.81. The molecule has 0 radical (unpaired) electrons. The van der Waals surface area contributed by atoms with Crippen LogP contribution in [0.2, 0.25) is 0 Å². The topological polar surface area (TPSA) is 77.3 Å². The third-order valence-corrected chi connectivity index (χ3v) is 5.95. The van der Waals surface area contributed by atoms with Gasteiger partial charge in [0.1, 0.15) is 5.76 Å². The number of hydrogen-bond acceptors (Lipinski definition) is 5. The van der Waals surface area contributed by atoms with Gasteiger partial charge in [0, 0.05) is 44.5 Å². The second kappa shape index (κ2) is 7.62. The third-order valence-electron chi connectivity index (χ3n) is 4.87. The molecule has 0 saturated carbocycles. The molecule has 4 rings (SSSR count). The summed E-state index contributed by atoms with van der Waals surface area (Å²) in [6.45, 7) is 1.15. The average molecular weight is 382 g/mol. The van der Waals surface area contributed by atoms with Gasteiger partial charge in [0.2, 0.25) is 0 Å². The van der Waals surface area contributed by atoms with E-state index in [1.165, 1.54) is 5.56 Å². The van der Waals surface area contributed by atoms with Crippen molar-refractivity contribution < 1.29 is 9.21 Å². The highest BCUT2D eigenvalue weighted by Gasteiger charge is 2.35. The minimum atomic E-state index is -0.0999. The number of carbonyl (C=O) groups excluding carboxylic acids is 1. The summed E-state index contributed by atoms with van der Waals surface area (Å²) in [5.41, 5.74) is 7.47. The molecule has 1 aromatic carbocycles. The number of aryl methyl sites for hydroxylation is 1. The number of furan rings is 1. The Hall–Kier alpha value is -2.51. The molecule has 2 atom stereocenters. The molecule has 1 saturated heterocycles. The lowest BCUT2D eigenvalue weighted by Gasteiger charge is -2.15. The van der Waals surface area contributed by atoms with Crippen LogP contribution in [0.3, 0.4) is 0 Å². The zero-order valence-corrected chi connectivity index (χ0v) is 15.9. The highest BCUT2D eigenvalue weighted by Crippen LogP contribution is 2.28. The fourth-order valence-electron chi connectivity index (χ4n) is 3.40. The van der Waals surface area contributed by atoms with Crippen molar-refractivity contribution in [2.75, 3.05) is 13.1 Å². The van der Waals surface area contributed by atoms with E-state index < -0.39 is 0 Å². The molecule has 0 unspecified atom stereocenters. The van der Waals surface area contributed by atoms with E-state index in [0.29, 0.717) is 24.6 Å².